The molecule has 0 aliphatic carbocycles. The van der Waals surface area contributed by atoms with Crippen molar-refractivity contribution in [1.29, 1.82) is 0 Å². The van der Waals surface area contributed by atoms with Crippen LogP contribution in [0.3, 0.4) is 0 Å². The number of carboxylic acid groups (broad SMARTS) is 1. The Morgan fingerprint density at radius 2 is 2.05 bits per heavy atom. The molecule has 0 aliphatic rings. The highest BCUT2D eigenvalue weighted by molar-refractivity contribution is 5.91. The molecule has 2 aromatic rings. The highest BCUT2D eigenvalue weighted by Crippen LogP contribution is 2.35. The van der Waals surface area contributed by atoms with Gasteiger partial charge in [0, 0.05) is 23.9 Å². The number of aryl methyl sites for hydroxylation is 2. The van der Waals surface area contributed by atoms with Crippen LogP contribution in [-0.2, 0) is 7.05 Å². The molecule has 2 rings (SSSR count). The van der Waals surface area contributed by atoms with Crippen molar-refractivity contribution in [2.75, 3.05) is 7.11 Å². The number of nitrogens with zero attached hydrogens (tertiary/aromatic N) is 2. The van der Waals surface area contributed by atoms with E-state index in [4.69, 9.17) is 9.84 Å². The lowest BCUT2D eigenvalue weighted by atomic mass is 10.00. The number of hydrogen-bond acceptors (Lipinski definition) is 3. The summed E-state index contributed by atoms with van der Waals surface area (Å²) in [5, 5.41) is 13.5. The molecule has 0 saturated heterocycles. The number of hydrogen-bond donors (Lipinski definition) is 1. The lowest BCUT2D eigenvalue weighted by molar-refractivity contribution is 0.0697. The molecule has 0 bridgehead atoms. The van der Waals surface area contributed by atoms with Crippen molar-refractivity contribution in [3.05, 3.63) is 35.2 Å². The quantitative estimate of drug-likeness (QED) is 0.920. The third-order valence-electron chi connectivity index (χ3n) is 3.22. The van der Waals surface area contributed by atoms with Crippen molar-refractivity contribution in [2.45, 2.75) is 13.8 Å². The minimum Gasteiger partial charge on any atom is -0.496 e. The van der Waals surface area contributed by atoms with E-state index in [1.807, 2.05) is 20.9 Å². The van der Waals surface area contributed by atoms with E-state index in [0.717, 1.165) is 22.5 Å². The van der Waals surface area contributed by atoms with E-state index in [1.165, 1.54) is 6.07 Å². The fraction of sp³-hybridized carbons (Fsp3) is 0.286. The maximum Gasteiger partial charge on any atom is 0.335 e. The normalized spacial score (nSPS) is 10.5. The molecule has 1 aromatic heterocycles. The molecule has 5 heteroatoms. The average Bonchev–Trinajstić information content (AvgIpc) is 2.62. The SMILES string of the molecule is COc1ccc(C(=O)O)cc1-c1c(C)nn(C)c1C. The summed E-state index contributed by atoms with van der Waals surface area (Å²) in [5.41, 5.74) is 3.73. The Balaban J connectivity index is 2.72. The van der Waals surface area contributed by atoms with Gasteiger partial charge in [0.2, 0.25) is 0 Å². The molecular weight excluding hydrogens is 244 g/mol. The third kappa shape index (κ3) is 2.19. The van der Waals surface area contributed by atoms with Crippen LogP contribution in [-0.4, -0.2) is 28.0 Å². The summed E-state index contributed by atoms with van der Waals surface area (Å²) in [5.74, 6) is -0.313. The van der Waals surface area contributed by atoms with Gasteiger partial charge in [0.1, 0.15) is 5.75 Å². The van der Waals surface area contributed by atoms with Crippen LogP contribution in [0.5, 0.6) is 5.75 Å². The predicted octanol–water partition coefficient (Wildman–Crippen LogP) is 2.41. The molecular formula is C14H16N2O3. The maximum absolute atomic E-state index is 11.1. The van der Waals surface area contributed by atoms with Crippen LogP contribution < -0.4 is 4.74 Å². The van der Waals surface area contributed by atoms with Crippen molar-refractivity contribution in [3.8, 4) is 16.9 Å². The van der Waals surface area contributed by atoms with Crippen LogP contribution in [0, 0.1) is 13.8 Å². The number of carbonyl (C=O) groups is 1. The first-order valence-electron chi connectivity index (χ1n) is 5.87. The van der Waals surface area contributed by atoms with Crippen LogP contribution in [0.15, 0.2) is 18.2 Å². The number of aromatic nitrogens is 2. The zero-order valence-corrected chi connectivity index (χ0v) is 11.4. The summed E-state index contributed by atoms with van der Waals surface area (Å²) in [6.07, 6.45) is 0. The highest BCUT2D eigenvalue weighted by Gasteiger charge is 2.17. The van der Waals surface area contributed by atoms with Gasteiger partial charge in [-0.05, 0) is 32.0 Å². The van der Waals surface area contributed by atoms with E-state index in [0.29, 0.717) is 5.75 Å². The minimum absolute atomic E-state index is 0.235. The number of rotatable bonds is 3. The Morgan fingerprint density at radius 3 is 2.53 bits per heavy atom. The van der Waals surface area contributed by atoms with Crippen LogP contribution in [0.2, 0.25) is 0 Å². The van der Waals surface area contributed by atoms with E-state index in [1.54, 1.807) is 23.9 Å². The highest BCUT2D eigenvalue weighted by atomic mass is 16.5. The van der Waals surface area contributed by atoms with Crippen molar-refractivity contribution in [3.63, 3.8) is 0 Å². The van der Waals surface area contributed by atoms with E-state index in [9.17, 15) is 4.79 Å². The standard InChI is InChI=1S/C14H16N2O3/c1-8-13(9(2)16(3)15-8)11-7-10(14(17)18)5-6-12(11)19-4/h5-7H,1-4H3,(H,17,18). The Hall–Kier alpha value is -2.30. The first-order valence-corrected chi connectivity index (χ1v) is 5.87. The van der Waals surface area contributed by atoms with Gasteiger partial charge in [-0.3, -0.25) is 4.68 Å². The van der Waals surface area contributed by atoms with Crippen molar-refractivity contribution in [2.24, 2.45) is 7.05 Å². The molecule has 0 saturated carbocycles. The maximum atomic E-state index is 11.1. The topological polar surface area (TPSA) is 64.3 Å². The molecule has 5 nitrogen and oxygen atoms in total. The molecule has 0 aliphatic heterocycles. The average molecular weight is 260 g/mol. The first kappa shape index (κ1) is 13.1. The molecule has 1 N–H and O–H groups in total. The van der Waals surface area contributed by atoms with E-state index < -0.39 is 5.97 Å². The summed E-state index contributed by atoms with van der Waals surface area (Å²) < 4.78 is 7.10. The zero-order chi connectivity index (χ0) is 14.2. The van der Waals surface area contributed by atoms with Crippen molar-refractivity contribution >= 4 is 5.97 Å². The largest absolute Gasteiger partial charge is 0.496 e. The smallest absolute Gasteiger partial charge is 0.335 e. The number of carboxylic acids is 1. The second kappa shape index (κ2) is 4.76. The number of methoxy groups -OCH3 is 1. The Bertz CT molecular complexity index is 644. The van der Waals surface area contributed by atoms with Gasteiger partial charge in [-0.2, -0.15) is 5.10 Å². The Labute approximate surface area is 111 Å². The van der Waals surface area contributed by atoms with Crippen LogP contribution in [0.4, 0.5) is 0 Å². The second-order valence-corrected chi connectivity index (χ2v) is 4.39. The molecule has 0 unspecified atom stereocenters. The molecule has 0 amide bonds. The molecule has 0 atom stereocenters. The third-order valence-corrected chi connectivity index (χ3v) is 3.22. The van der Waals surface area contributed by atoms with Gasteiger partial charge in [-0.15, -0.1) is 0 Å². The van der Waals surface area contributed by atoms with Crippen LogP contribution in [0.25, 0.3) is 11.1 Å². The molecule has 0 spiro atoms. The van der Waals surface area contributed by atoms with E-state index in [2.05, 4.69) is 5.10 Å². The summed E-state index contributed by atoms with van der Waals surface area (Å²) in [7, 11) is 3.43. The number of benzene rings is 1. The molecule has 0 fully saturated rings. The molecule has 19 heavy (non-hydrogen) atoms. The van der Waals surface area contributed by atoms with Crippen LogP contribution >= 0.6 is 0 Å². The first-order chi connectivity index (χ1) is 8.95. The molecule has 1 heterocycles. The number of aromatic carboxylic acids is 1. The monoisotopic (exact) mass is 260 g/mol. The van der Waals surface area contributed by atoms with Crippen LogP contribution in [0.1, 0.15) is 21.7 Å². The minimum atomic E-state index is -0.955. The van der Waals surface area contributed by atoms with Gasteiger partial charge in [0.15, 0.2) is 0 Å². The molecule has 100 valence electrons. The fourth-order valence-electron chi connectivity index (χ4n) is 2.20. The molecule has 0 radical (unpaired) electrons. The molecule has 1 aromatic carbocycles. The summed E-state index contributed by atoms with van der Waals surface area (Å²) in [6, 6.07) is 4.83. The van der Waals surface area contributed by atoms with Gasteiger partial charge >= 0.3 is 5.97 Å². The van der Waals surface area contributed by atoms with E-state index in [-0.39, 0.29) is 5.56 Å². The zero-order valence-electron chi connectivity index (χ0n) is 11.4. The Morgan fingerprint density at radius 1 is 1.37 bits per heavy atom. The van der Waals surface area contributed by atoms with Gasteiger partial charge in [0.25, 0.3) is 0 Å². The summed E-state index contributed by atoms with van der Waals surface area (Å²) in [4.78, 5) is 11.1. The van der Waals surface area contributed by atoms with Gasteiger partial charge < -0.3 is 9.84 Å². The van der Waals surface area contributed by atoms with Gasteiger partial charge in [-0.1, -0.05) is 0 Å². The predicted molar refractivity (Wildman–Crippen MR) is 71.6 cm³/mol. The van der Waals surface area contributed by atoms with Crippen molar-refractivity contribution < 1.29 is 14.6 Å². The fourth-order valence-corrected chi connectivity index (χ4v) is 2.20. The summed E-state index contributed by atoms with van der Waals surface area (Å²) >= 11 is 0. The van der Waals surface area contributed by atoms with Gasteiger partial charge in [0.05, 0.1) is 18.4 Å². The van der Waals surface area contributed by atoms with Gasteiger partial charge in [-0.25, -0.2) is 4.79 Å². The second-order valence-electron chi connectivity index (χ2n) is 4.39. The van der Waals surface area contributed by atoms with Crippen molar-refractivity contribution in [1.82, 2.24) is 9.78 Å². The lowest BCUT2D eigenvalue weighted by Crippen LogP contribution is -1.99. The Kier molecular flexibility index (Phi) is 3.29. The van der Waals surface area contributed by atoms with E-state index >= 15 is 0 Å². The summed E-state index contributed by atoms with van der Waals surface area (Å²) in [6.45, 7) is 3.84. The lowest BCUT2D eigenvalue weighted by Gasteiger charge is -2.10. The number of ether oxygens (including phenoxy) is 1.